The van der Waals surface area contributed by atoms with Gasteiger partial charge in [-0.15, -0.1) is 0 Å². The van der Waals surface area contributed by atoms with E-state index in [0.717, 1.165) is 11.3 Å². The first-order valence-corrected chi connectivity index (χ1v) is 8.14. The third kappa shape index (κ3) is 3.41. The molecule has 0 saturated heterocycles. The average molecular weight is 300 g/mol. The van der Waals surface area contributed by atoms with E-state index in [4.69, 9.17) is 9.47 Å². The summed E-state index contributed by atoms with van der Waals surface area (Å²) in [6, 6.07) is 5.64. The molecule has 0 atom stereocenters. The standard InChI is InChI=1S/C13H20N2O4S/c1-3-15(4-2)20(16,17)14-8-7-11-5-6-12-13(9-11)19-10-18-12/h5-6,9,14H,3-4,7-8,10H2,1-2H3. The van der Waals surface area contributed by atoms with Crippen molar-refractivity contribution in [2.24, 2.45) is 0 Å². The Balaban J connectivity index is 1.90. The first-order valence-electron chi connectivity index (χ1n) is 6.70. The van der Waals surface area contributed by atoms with Crippen LogP contribution in [0.5, 0.6) is 11.5 Å². The first kappa shape index (κ1) is 15.1. The zero-order valence-corrected chi connectivity index (χ0v) is 12.6. The third-order valence-electron chi connectivity index (χ3n) is 3.18. The summed E-state index contributed by atoms with van der Waals surface area (Å²) in [5, 5.41) is 0. The van der Waals surface area contributed by atoms with Gasteiger partial charge in [-0.2, -0.15) is 12.7 Å². The molecule has 1 N–H and O–H groups in total. The molecule has 0 spiro atoms. The number of benzene rings is 1. The van der Waals surface area contributed by atoms with Crippen LogP contribution < -0.4 is 14.2 Å². The molecule has 0 unspecified atom stereocenters. The Bertz CT molecular complexity index is 555. The fourth-order valence-electron chi connectivity index (χ4n) is 2.08. The van der Waals surface area contributed by atoms with Gasteiger partial charge in [0, 0.05) is 19.6 Å². The molecule has 0 radical (unpaired) electrons. The van der Waals surface area contributed by atoms with Crippen LogP contribution in [0.3, 0.4) is 0 Å². The number of ether oxygens (including phenoxy) is 2. The van der Waals surface area contributed by atoms with Crippen LogP contribution in [0, 0.1) is 0 Å². The predicted octanol–water partition coefficient (Wildman–Crippen LogP) is 1.13. The minimum Gasteiger partial charge on any atom is -0.454 e. The van der Waals surface area contributed by atoms with Crippen LogP contribution in [0.25, 0.3) is 0 Å². The Kier molecular flexibility index (Phi) is 4.85. The summed E-state index contributed by atoms with van der Waals surface area (Å²) in [6.07, 6.45) is 0.608. The lowest BCUT2D eigenvalue weighted by molar-refractivity contribution is 0.174. The van der Waals surface area contributed by atoms with E-state index < -0.39 is 10.2 Å². The Hall–Kier alpha value is -1.31. The van der Waals surface area contributed by atoms with Crippen LogP contribution >= 0.6 is 0 Å². The van der Waals surface area contributed by atoms with E-state index in [-0.39, 0.29) is 6.79 Å². The maximum absolute atomic E-state index is 11.9. The van der Waals surface area contributed by atoms with E-state index in [1.54, 1.807) is 0 Å². The zero-order chi connectivity index (χ0) is 14.6. The highest BCUT2D eigenvalue weighted by molar-refractivity contribution is 7.87. The molecule has 112 valence electrons. The average Bonchev–Trinajstić information content (AvgIpc) is 2.87. The van der Waals surface area contributed by atoms with Crippen molar-refractivity contribution in [1.82, 2.24) is 9.03 Å². The molecule has 1 heterocycles. The molecule has 0 fully saturated rings. The van der Waals surface area contributed by atoms with Crippen LogP contribution in [0.15, 0.2) is 18.2 Å². The lowest BCUT2D eigenvalue weighted by Gasteiger charge is -2.18. The zero-order valence-electron chi connectivity index (χ0n) is 11.8. The number of nitrogens with one attached hydrogen (secondary N) is 1. The largest absolute Gasteiger partial charge is 0.454 e. The molecule has 0 amide bonds. The smallest absolute Gasteiger partial charge is 0.279 e. The third-order valence-corrected chi connectivity index (χ3v) is 4.95. The number of hydrogen-bond acceptors (Lipinski definition) is 4. The Morgan fingerprint density at radius 1 is 1.20 bits per heavy atom. The van der Waals surface area contributed by atoms with Crippen LogP contribution in [-0.4, -0.2) is 39.2 Å². The van der Waals surface area contributed by atoms with Gasteiger partial charge in [0.2, 0.25) is 6.79 Å². The number of hydrogen-bond donors (Lipinski definition) is 1. The summed E-state index contributed by atoms with van der Waals surface area (Å²) in [4.78, 5) is 0. The highest BCUT2D eigenvalue weighted by Gasteiger charge is 2.18. The number of rotatable bonds is 7. The van der Waals surface area contributed by atoms with E-state index in [2.05, 4.69) is 4.72 Å². The molecule has 1 aromatic carbocycles. The van der Waals surface area contributed by atoms with Crippen LogP contribution in [0.2, 0.25) is 0 Å². The Labute approximate surface area is 119 Å². The molecular weight excluding hydrogens is 280 g/mol. The van der Waals surface area contributed by atoms with E-state index in [1.807, 2.05) is 32.0 Å². The maximum Gasteiger partial charge on any atom is 0.279 e. The van der Waals surface area contributed by atoms with E-state index in [1.165, 1.54) is 4.31 Å². The van der Waals surface area contributed by atoms with Crippen LogP contribution in [0.1, 0.15) is 19.4 Å². The van der Waals surface area contributed by atoms with Crippen LogP contribution in [-0.2, 0) is 16.6 Å². The molecule has 0 bridgehead atoms. The Morgan fingerprint density at radius 3 is 2.60 bits per heavy atom. The van der Waals surface area contributed by atoms with E-state index in [9.17, 15) is 8.42 Å². The van der Waals surface area contributed by atoms with Gasteiger partial charge < -0.3 is 9.47 Å². The summed E-state index contributed by atoms with van der Waals surface area (Å²) in [6.45, 7) is 5.18. The predicted molar refractivity (Wildman–Crippen MR) is 76.1 cm³/mol. The quantitative estimate of drug-likeness (QED) is 0.820. The SMILES string of the molecule is CCN(CC)S(=O)(=O)NCCc1ccc2c(c1)OCO2. The van der Waals surface area contributed by atoms with Gasteiger partial charge in [-0.25, -0.2) is 4.72 Å². The van der Waals surface area contributed by atoms with Crippen LogP contribution in [0.4, 0.5) is 0 Å². The summed E-state index contributed by atoms with van der Waals surface area (Å²) in [5.41, 5.74) is 1.01. The van der Waals surface area contributed by atoms with Crippen molar-refractivity contribution in [1.29, 1.82) is 0 Å². The molecule has 20 heavy (non-hydrogen) atoms. The van der Waals surface area contributed by atoms with Crippen molar-refractivity contribution < 1.29 is 17.9 Å². The molecular formula is C13H20N2O4S. The van der Waals surface area contributed by atoms with Crippen molar-refractivity contribution in [2.75, 3.05) is 26.4 Å². The molecule has 1 aliphatic heterocycles. The fraction of sp³-hybridized carbons (Fsp3) is 0.538. The summed E-state index contributed by atoms with van der Waals surface area (Å²) < 4.78 is 38.4. The second-order valence-corrected chi connectivity index (χ2v) is 6.18. The topological polar surface area (TPSA) is 67.9 Å². The van der Waals surface area contributed by atoms with Gasteiger partial charge in [0.05, 0.1) is 0 Å². The molecule has 6 nitrogen and oxygen atoms in total. The van der Waals surface area contributed by atoms with Gasteiger partial charge in [0.15, 0.2) is 11.5 Å². The fourth-order valence-corrected chi connectivity index (χ4v) is 3.30. The van der Waals surface area contributed by atoms with Gasteiger partial charge in [0.25, 0.3) is 10.2 Å². The lowest BCUT2D eigenvalue weighted by Crippen LogP contribution is -2.41. The van der Waals surface area contributed by atoms with Gasteiger partial charge in [-0.05, 0) is 24.1 Å². The molecule has 0 aliphatic carbocycles. The van der Waals surface area contributed by atoms with E-state index in [0.29, 0.717) is 31.8 Å². The lowest BCUT2D eigenvalue weighted by atomic mass is 10.1. The first-order chi connectivity index (χ1) is 9.56. The van der Waals surface area contributed by atoms with Crippen molar-refractivity contribution >= 4 is 10.2 Å². The summed E-state index contributed by atoms with van der Waals surface area (Å²) in [7, 11) is -3.38. The number of nitrogens with zero attached hydrogens (tertiary/aromatic N) is 1. The molecule has 2 rings (SSSR count). The van der Waals surface area contributed by atoms with Gasteiger partial charge in [0.1, 0.15) is 0 Å². The van der Waals surface area contributed by atoms with E-state index >= 15 is 0 Å². The summed E-state index contributed by atoms with van der Waals surface area (Å²) in [5.74, 6) is 1.45. The molecule has 0 aromatic heterocycles. The van der Waals surface area contributed by atoms with Gasteiger partial charge in [-0.3, -0.25) is 0 Å². The molecule has 7 heteroatoms. The van der Waals surface area contributed by atoms with Crippen molar-refractivity contribution in [3.05, 3.63) is 23.8 Å². The monoisotopic (exact) mass is 300 g/mol. The summed E-state index contributed by atoms with van der Waals surface area (Å²) >= 11 is 0. The molecule has 0 saturated carbocycles. The second-order valence-electron chi connectivity index (χ2n) is 4.42. The molecule has 1 aliphatic rings. The molecule has 1 aromatic rings. The highest BCUT2D eigenvalue weighted by Crippen LogP contribution is 2.32. The van der Waals surface area contributed by atoms with Gasteiger partial charge in [-0.1, -0.05) is 19.9 Å². The second kappa shape index (κ2) is 6.43. The Morgan fingerprint density at radius 2 is 1.90 bits per heavy atom. The van der Waals surface area contributed by atoms with Crippen molar-refractivity contribution in [2.45, 2.75) is 20.3 Å². The minimum absolute atomic E-state index is 0.243. The number of fused-ring (bicyclic) bond motifs is 1. The normalized spacial score (nSPS) is 13.9. The van der Waals surface area contributed by atoms with Crippen molar-refractivity contribution in [3.63, 3.8) is 0 Å². The minimum atomic E-state index is -3.38. The maximum atomic E-state index is 11.9. The van der Waals surface area contributed by atoms with Gasteiger partial charge >= 0.3 is 0 Å². The highest BCUT2D eigenvalue weighted by atomic mass is 32.2. The van der Waals surface area contributed by atoms with Crippen molar-refractivity contribution in [3.8, 4) is 11.5 Å².